The monoisotopic (exact) mass is 264 g/mol. The van der Waals surface area contributed by atoms with E-state index in [1.54, 1.807) is 0 Å². The van der Waals surface area contributed by atoms with Crippen molar-refractivity contribution in [1.82, 2.24) is 9.97 Å². The smallest absolute Gasteiger partial charge is 0.135 e. The van der Waals surface area contributed by atoms with Gasteiger partial charge < -0.3 is 15.4 Å². The van der Waals surface area contributed by atoms with Crippen molar-refractivity contribution in [3.05, 3.63) is 11.9 Å². The summed E-state index contributed by atoms with van der Waals surface area (Å²) in [6.45, 7) is 7.97. The van der Waals surface area contributed by atoms with Crippen LogP contribution in [0.5, 0.6) is 0 Å². The van der Waals surface area contributed by atoms with E-state index in [2.05, 4.69) is 41.4 Å². The summed E-state index contributed by atoms with van der Waals surface area (Å²) in [5.74, 6) is 2.89. The zero-order chi connectivity index (χ0) is 13.9. The Hall–Kier alpha value is -1.36. The Morgan fingerprint density at radius 1 is 1.32 bits per heavy atom. The van der Waals surface area contributed by atoms with E-state index in [1.165, 1.54) is 0 Å². The molecule has 1 aromatic heterocycles. The van der Waals surface area contributed by atoms with Crippen molar-refractivity contribution >= 4 is 11.6 Å². The number of aromatic nitrogens is 2. The molecule has 2 heterocycles. The summed E-state index contributed by atoms with van der Waals surface area (Å²) >= 11 is 0. The summed E-state index contributed by atoms with van der Waals surface area (Å²) in [5.41, 5.74) is -0.0358. The molecule has 2 N–H and O–H groups in total. The molecule has 1 saturated heterocycles. The van der Waals surface area contributed by atoms with Crippen LogP contribution in [0.25, 0.3) is 0 Å². The molecule has 1 unspecified atom stereocenters. The lowest BCUT2D eigenvalue weighted by atomic mass is 9.95. The largest absolute Gasteiger partial charge is 0.379 e. The highest BCUT2D eigenvalue weighted by atomic mass is 16.5. The minimum Gasteiger partial charge on any atom is -0.379 e. The third-order valence-corrected chi connectivity index (χ3v) is 3.38. The molecule has 1 atom stereocenters. The number of nitrogens with zero attached hydrogens (tertiary/aromatic N) is 2. The van der Waals surface area contributed by atoms with Crippen LogP contribution in [-0.2, 0) is 4.74 Å². The number of anilines is 2. The van der Waals surface area contributed by atoms with Crippen LogP contribution in [0, 0.1) is 0 Å². The van der Waals surface area contributed by atoms with Gasteiger partial charge in [0, 0.05) is 25.6 Å². The second-order valence-electron chi connectivity index (χ2n) is 5.74. The zero-order valence-corrected chi connectivity index (χ0v) is 12.3. The molecule has 0 bridgehead atoms. The summed E-state index contributed by atoms with van der Waals surface area (Å²) in [5, 5.41) is 6.60. The molecule has 0 spiro atoms. The van der Waals surface area contributed by atoms with Crippen LogP contribution in [0.15, 0.2) is 6.07 Å². The van der Waals surface area contributed by atoms with Gasteiger partial charge in [0.25, 0.3) is 0 Å². The maximum Gasteiger partial charge on any atom is 0.135 e. The fraction of sp³-hybridized carbons (Fsp3) is 0.714. The minimum atomic E-state index is -0.0358. The van der Waals surface area contributed by atoms with E-state index in [0.29, 0.717) is 5.92 Å². The number of nitrogens with one attached hydrogen (secondary N) is 2. The van der Waals surface area contributed by atoms with Gasteiger partial charge >= 0.3 is 0 Å². The van der Waals surface area contributed by atoms with Crippen LogP contribution in [0.2, 0.25) is 0 Å². The van der Waals surface area contributed by atoms with Crippen molar-refractivity contribution < 1.29 is 4.74 Å². The van der Waals surface area contributed by atoms with Crippen molar-refractivity contribution in [2.45, 2.75) is 45.1 Å². The Kier molecular flexibility index (Phi) is 4.24. The molecule has 0 amide bonds. The number of rotatable bonds is 4. The van der Waals surface area contributed by atoms with Gasteiger partial charge in [-0.3, -0.25) is 0 Å². The van der Waals surface area contributed by atoms with Crippen LogP contribution >= 0.6 is 0 Å². The van der Waals surface area contributed by atoms with E-state index in [9.17, 15) is 0 Å². The second kappa shape index (κ2) is 5.74. The highest BCUT2D eigenvalue weighted by Crippen LogP contribution is 2.25. The lowest BCUT2D eigenvalue weighted by Crippen LogP contribution is -2.43. The molecule has 5 nitrogen and oxygen atoms in total. The molecular weight excluding hydrogens is 240 g/mol. The van der Waals surface area contributed by atoms with Gasteiger partial charge in [-0.1, -0.05) is 13.8 Å². The van der Waals surface area contributed by atoms with E-state index in [4.69, 9.17) is 4.74 Å². The van der Waals surface area contributed by atoms with Crippen LogP contribution in [0.3, 0.4) is 0 Å². The summed E-state index contributed by atoms with van der Waals surface area (Å²) in [6, 6.07) is 1.95. The first-order valence-corrected chi connectivity index (χ1v) is 6.95. The Labute approximate surface area is 115 Å². The lowest BCUT2D eigenvalue weighted by Gasteiger charge is -2.35. The predicted octanol–water partition coefficient (Wildman–Crippen LogP) is 2.62. The molecule has 1 aliphatic heterocycles. The van der Waals surface area contributed by atoms with Gasteiger partial charge in [-0.15, -0.1) is 0 Å². The normalized spacial score (nSPS) is 23.4. The molecule has 0 aliphatic carbocycles. The molecular formula is C14H24N4O. The highest BCUT2D eigenvalue weighted by molar-refractivity contribution is 5.49. The summed E-state index contributed by atoms with van der Waals surface area (Å²) in [7, 11) is 1.88. The van der Waals surface area contributed by atoms with E-state index in [-0.39, 0.29) is 5.54 Å². The maximum atomic E-state index is 5.57. The van der Waals surface area contributed by atoms with Crippen molar-refractivity contribution in [3.63, 3.8) is 0 Å². The van der Waals surface area contributed by atoms with Crippen molar-refractivity contribution in [1.29, 1.82) is 0 Å². The Balaban J connectivity index is 2.21. The third kappa shape index (κ3) is 3.56. The topological polar surface area (TPSA) is 59.1 Å². The fourth-order valence-electron chi connectivity index (χ4n) is 2.26. The highest BCUT2D eigenvalue weighted by Gasteiger charge is 2.28. The molecule has 1 aliphatic rings. The first kappa shape index (κ1) is 14.1. The van der Waals surface area contributed by atoms with Gasteiger partial charge in [0.15, 0.2) is 0 Å². The lowest BCUT2D eigenvalue weighted by molar-refractivity contribution is 0.0539. The molecule has 2 rings (SSSR count). The first-order valence-electron chi connectivity index (χ1n) is 6.95. The summed E-state index contributed by atoms with van der Waals surface area (Å²) in [4.78, 5) is 9.08. The van der Waals surface area contributed by atoms with Crippen LogP contribution in [0.4, 0.5) is 11.6 Å². The van der Waals surface area contributed by atoms with Crippen molar-refractivity contribution in [2.75, 3.05) is 30.9 Å². The molecule has 5 heteroatoms. The number of ether oxygens (including phenoxy) is 1. The molecule has 1 fully saturated rings. The minimum absolute atomic E-state index is 0.0358. The Morgan fingerprint density at radius 3 is 2.63 bits per heavy atom. The molecule has 19 heavy (non-hydrogen) atoms. The van der Waals surface area contributed by atoms with E-state index < -0.39 is 0 Å². The predicted molar refractivity (Wildman–Crippen MR) is 77.7 cm³/mol. The van der Waals surface area contributed by atoms with Gasteiger partial charge in [-0.2, -0.15) is 0 Å². The van der Waals surface area contributed by atoms with Gasteiger partial charge in [0.2, 0.25) is 0 Å². The van der Waals surface area contributed by atoms with Gasteiger partial charge in [0.1, 0.15) is 17.5 Å². The fourth-order valence-corrected chi connectivity index (χ4v) is 2.26. The SMILES string of the molecule is CNc1cc(NC2(C)CCCOC2)nc(C(C)C)n1. The molecule has 106 valence electrons. The van der Waals surface area contributed by atoms with Gasteiger partial charge in [0.05, 0.1) is 12.1 Å². The second-order valence-corrected chi connectivity index (χ2v) is 5.74. The van der Waals surface area contributed by atoms with E-state index >= 15 is 0 Å². The van der Waals surface area contributed by atoms with E-state index in [0.717, 1.165) is 43.5 Å². The van der Waals surface area contributed by atoms with E-state index in [1.807, 2.05) is 13.1 Å². The van der Waals surface area contributed by atoms with Crippen LogP contribution < -0.4 is 10.6 Å². The molecule has 0 aromatic carbocycles. The van der Waals surface area contributed by atoms with Gasteiger partial charge in [-0.05, 0) is 19.8 Å². The summed E-state index contributed by atoms with van der Waals surface area (Å²) < 4.78 is 5.57. The number of hydrogen-bond donors (Lipinski definition) is 2. The Bertz CT molecular complexity index is 427. The Morgan fingerprint density at radius 2 is 2.05 bits per heavy atom. The standard InChI is InChI=1S/C14H24N4O/c1-10(2)13-16-11(15-4)8-12(17-13)18-14(3)6-5-7-19-9-14/h8,10H,5-7,9H2,1-4H3,(H2,15,16,17,18). The maximum absolute atomic E-state index is 5.57. The average Bonchev–Trinajstić information content (AvgIpc) is 2.38. The molecule has 0 saturated carbocycles. The van der Waals surface area contributed by atoms with Gasteiger partial charge in [-0.25, -0.2) is 9.97 Å². The van der Waals surface area contributed by atoms with Crippen molar-refractivity contribution in [2.24, 2.45) is 0 Å². The number of hydrogen-bond acceptors (Lipinski definition) is 5. The van der Waals surface area contributed by atoms with Crippen LogP contribution in [-0.4, -0.2) is 35.8 Å². The average molecular weight is 264 g/mol. The quantitative estimate of drug-likeness (QED) is 0.875. The zero-order valence-electron chi connectivity index (χ0n) is 12.3. The van der Waals surface area contributed by atoms with Crippen molar-refractivity contribution in [3.8, 4) is 0 Å². The first-order chi connectivity index (χ1) is 9.02. The van der Waals surface area contributed by atoms with Crippen LogP contribution in [0.1, 0.15) is 45.4 Å². The third-order valence-electron chi connectivity index (χ3n) is 3.38. The molecule has 1 aromatic rings. The summed E-state index contributed by atoms with van der Waals surface area (Å²) in [6.07, 6.45) is 2.19. The molecule has 0 radical (unpaired) electrons.